The van der Waals surface area contributed by atoms with Crippen LogP contribution in [0.2, 0.25) is 5.02 Å². The zero-order chi connectivity index (χ0) is 15.4. The van der Waals surface area contributed by atoms with E-state index in [-0.39, 0.29) is 5.91 Å². The monoisotopic (exact) mass is 303 g/mol. The lowest BCUT2D eigenvalue weighted by Gasteiger charge is -2.07. The molecule has 21 heavy (non-hydrogen) atoms. The number of ether oxygens (including phenoxy) is 1. The minimum atomic E-state index is -0.416. The number of amides is 1. The number of anilines is 1. The van der Waals surface area contributed by atoms with Crippen LogP contribution in [0.3, 0.4) is 0 Å². The van der Waals surface area contributed by atoms with Gasteiger partial charge in [0.05, 0.1) is 12.7 Å². The number of rotatable bonds is 3. The number of carbonyl (C=O) groups is 2. The van der Waals surface area contributed by atoms with Gasteiger partial charge in [0.1, 0.15) is 0 Å². The fourth-order valence-electron chi connectivity index (χ4n) is 1.80. The molecule has 0 atom stereocenters. The predicted octanol–water partition coefficient (Wildman–Crippen LogP) is 3.69. The van der Waals surface area contributed by atoms with Gasteiger partial charge in [-0.25, -0.2) is 4.79 Å². The van der Waals surface area contributed by atoms with Crippen molar-refractivity contribution in [3.05, 3.63) is 64.2 Å². The average molecular weight is 304 g/mol. The molecule has 0 unspecified atom stereocenters. The Morgan fingerprint density at radius 1 is 1.05 bits per heavy atom. The molecular formula is C16H14ClNO3. The normalized spacial score (nSPS) is 10.0. The van der Waals surface area contributed by atoms with Crippen molar-refractivity contribution < 1.29 is 14.3 Å². The van der Waals surface area contributed by atoms with Gasteiger partial charge in [0.2, 0.25) is 0 Å². The molecule has 0 aromatic heterocycles. The van der Waals surface area contributed by atoms with Crippen LogP contribution in [0.5, 0.6) is 0 Å². The summed E-state index contributed by atoms with van der Waals surface area (Å²) in [4.78, 5) is 23.4. The summed E-state index contributed by atoms with van der Waals surface area (Å²) in [6.45, 7) is 1.84. The molecule has 0 fully saturated rings. The zero-order valence-electron chi connectivity index (χ0n) is 11.6. The van der Waals surface area contributed by atoms with Gasteiger partial charge in [-0.2, -0.15) is 0 Å². The average Bonchev–Trinajstić information content (AvgIpc) is 2.50. The van der Waals surface area contributed by atoms with Crippen LogP contribution in [0.1, 0.15) is 26.3 Å². The number of hydrogen-bond acceptors (Lipinski definition) is 3. The van der Waals surface area contributed by atoms with Crippen molar-refractivity contribution in [2.45, 2.75) is 6.92 Å². The Morgan fingerprint density at radius 3 is 2.24 bits per heavy atom. The van der Waals surface area contributed by atoms with E-state index in [2.05, 4.69) is 10.1 Å². The van der Waals surface area contributed by atoms with Crippen LogP contribution < -0.4 is 5.32 Å². The van der Waals surface area contributed by atoms with Gasteiger partial charge in [0.25, 0.3) is 5.91 Å². The van der Waals surface area contributed by atoms with E-state index in [9.17, 15) is 9.59 Å². The molecule has 2 aromatic rings. The Morgan fingerprint density at radius 2 is 1.67 bits per heavy atom. The molecule has 2 rings (SSSR count). The minimum Gasteiger partial charge on any atom is -0.465 e. The number of methoxy groups -OCH3 is 1. The largest absolute Gasteiger partial charge is 0.465 e. The van der Waals surface area contributed by atoms with Crippen molar-refractivity contribution in [1.29, 1.82) is 0 Å². The first-order valence-electron chi connectivity index (χ1n) is 6.27. The Bertz CT molecular complexity index is 680. The van der Waals surface area contributed by atoms with Crippen molar-refractivity contribution in [2.75, 3.05) is 12.4 Å². The van der Waals surface area contributed by atoms with Gasteiger partial charge in [0.15, 0.2) is 0 Å². The van der Waals surface area contributed by atoms with Crippen molar-refractivity contribution >= 4 is 29.2 Å². The van der Waals surface area contributed by atoms with E-state index in [1.165, 1.54) is 7.11 Å². The first kappa shape index (κ1) is 15.1. The molecule has 0 aliphatic carbocycles. The molecule has 108 valence electrons. The van der Waals surface area contributed by atoms with Crippen LogP contribution in [-0.2, 0) is 4.74 Å². The van der Waals surface area contributed by atoms with Gasteiger partial charge in [-0.15, -0.1) is 0 Å². The number of nitrogens with one attached hydrogen (secondary N) is 1. The summed E-state index contributed by atoms with van der Waals surface area (Å²) in [5.41, 5.74) is 2.39. The highest BCUT2D eigenvalue weighted by Crippen LogP contribution is 2.18. The highest BCUT2D eigenvalue weighted by molar-refractivity contribution is 6.31. The van der Waals surface area contributed by atoms with Crippen LogP contribution in [0.15, 0.2) is 42.5 Å². The topological polar surface area (TPSA) is 55.4 Å². The molecule has 0 bridgehead atoms. The van der Waals surface area contributed by atoms with Gasteiger partial charge in [-0.3, -0.25) is 4.79 Å². The molecule has 5 heteroatoms. The van der Waals surface area contributed by atoms with E-state index >= 15 is 0 Å². The predicted molar refractivity (Wildman–Crippen MR) is 81.9 cm³/mol. The Balaban J connectivity index is 2.12. The maximum atomic E-state index is 12.1. The maximum Gasteiger partial charge on any atom is 0.337 e. The zero-order valence-corrected chi connectivity index (χ0v) is 12.4. The summed E-state index contributed by atoms with van der Waals surface area (Å²) in [7, 11) is 1.32. The molecule has 0 aliphatic heterocycles. The van der Waals surface area contributed by atoms with Crippen molar-refractivity contribution in [3.63, 3.8) is 0 Å². The highest BCUT2D eigenvalue weighted by atomic mass is 35.5. The van der Waals surface area contributed by atoms with E-state index in [1.54, 1.807) is 42.5 Å². The summed E-state index contributed by atoms with van der Waals surface area (Å²) in [5, 5.41) is 3.37. The van der Waals surface area contributed by atoms with Crippen molar-refractivity contribution in [3.8, 4) is 0 Å². The number of benzene rings is 2. The highest BCUT2D eigenvalue weighted by Gasteiger charge is 2.09. The van der Waals surface area contributed by atoms with E-state index in [0.717, 1.165) is 5.56 Å². The fraction of sp³-hybridized carbons (Fsp3) is 0.125. The van der Waals surface area contributed by atoms with E-state index in [4.69, 9.17) is 11.6 Å². The van der Waals surface area contributed by atoms with Crippen LogP contribution in [0, 0.1) is 6.92 Å². The van der Waals surface area contributed by atoms with Crippen LogP contribution in [0.25, 0.3) is 0 Å². The minimum absolute atomic E-state index is 0.236. The maximum absolute atomic E-state index is 12.1. The second kappa shape index (κ2) is 6.41. The number of carbonyl (C=O) groups excluding carboxylic acids is 2. The molecule has 0 aliphatic rings. The van der Waals surface area contributed by atoms with E-state index in [1.807, 2.05) is 6.92 Å². The van der Waals surface area contributed by atoms with Gasteiger partial charge >= 0.3 is 5.97 Å². The fourth-order valence-corrected chi connectivity index (χ4v) is 1.91. The third-order valence-electron chi connectivity index (χ3n) is 2.98. The van der Waals surface area contributed by atoms with Gasteiger partial charge in [-0.05, 0) is 55.0 Å². The van der Waals surface area contributed by atoms with Crippen LogP contribution >= 0.6 is 11.6 Å². The second-order valence-electron chi connectivity index (χ2n) is 4.49. The number of esters is 1. The van der Waals surface area contributed by atoms with E-state index < -0.39 is 5.97 Å². The molecule has 0 saturated carbocycles. The van der Waals surface area contributed by atoms with E-state index in [0.29, 0.717) is 21.8 Å². The third-order valence-corrected chi connectivity index (χ3v) is 3.41. The van der Waals surface area contributed by atoms with Gasteiger partial charge < -0.3 is 10.1 Å². The van der Waals surface area contributed by atoms with Crippen molar-refractivity contribution in [2.24, 2.45) is 0 Å². The summed E-state index contributed by atoms with van der Waals surface area (Å²) >= 11 is 5.93. The Hall–Kier alpha value is -2.33. The van der Waals surface area contributed by atoms with Gasteiger partial charge in [0, 0.05) is 16.3 Å². The van der Waals surface area contributed by atoms with Crippen molar-refractivity contribution in [1.82, 2.24) is 0 Å². The SMILES string of the molecule is COC(=O)c1ccc(NC(=O)c2ccc(Cl)c(C)c2)cc1. The quantitative estimate of drug-likeness (QED) is 0.880. The third kappa shape index (κ3) is 3.61. The molecule has 2 aromatic carbocycles. The number of halogens is 1. The molecule has 0 radical (unpaired) electrons. The Labute approximate surface area is 127 Å². The first-order valence-corrected chi connectivity index (χ1v) is 6.65. The summed E-state index contributed by atoms with van der Waals surface area (Å²) in [5.74, 6) is -0.651. The lowest BCUT2D eigenvalue weighted by atomic mass is 10.1. The van der Waals surface area contributed by atoms with Crippen LogP contribution in [-0.4, -0.2) is 19.0 Å². The smallest absolute Gasteiger partial charge is 0.337 e. The molecule has 1 amide bonds. The molecular weight excluding hydrogens is 290 g/mol. The first-order chi connectivity index (χ1) is 10.0. The number of hydrogen-bond donors (Lipinski definition) is 1. The molecule has 0 saturated heterocycles. The van der Waals surface area contributed by atoms with Crippen LogP contribution in [0.4, 0.5) is 5.69 Å². The summed E-state index contributed by atoms with van der Waals surface area (Å²) in [6.07, 6.45) is 0. The number of aryl methyl sites for hydroxylation is 1. The molecule has 0 heterocycles. The molecule has 4 nitrogen and oxygen atoms in total. The second-order valence-corrected chi connectivity index (χ2v) is 4.89. The summed E-state index contributed by atoms with van der Waals surface area (Å²) in [6, 6.07) is 11.5. The lowest BCUT2D eigenvalue weighted by Crippen LogP contribution is -2.12. The molecule has 1 N–H and O–H groups in total. The molecule has 0 spiro atoms. The standard InChI is InChI=1S/C16H14ClNO3/c1-10-9-12(5-8-14(10)17)15(19)18-13-6-3-11(4-7-13)16(20)21-2/h3-9H,1-2H3,(H,18,19). The Kier molecular flexibility index (Phi) is 4.60. The summed E-state index contributed by atoms with van der Waals surface area (Å²) < 4.78 is 4.61. The van der Waals surface area contributed by atoms with Gasteiger partial charge in [-0.1, -0.05) is 11.6 Å². The lowest BCUT2D eigenvalue weighted by molar-refractivity contribution is 0.0600.